The molecule has 1 aliphatic heterocycles. The number of nitrogens with one attached hydrogen (secondary N) is 2. The second kappa shape index (κ2) is 5.79. The summed E-state index contributed by atoms with van der Waals surface area (Å²) in [6, 6.07) is 7.47. The maximum Gasteiger partial charge on any atom is 0.240 e. The van der Waals surface area contributed by atoms with Gasteiger partial charge >= 0.3 is 0 Å². The van der Waals surface area contributed by atoms with Crippen LogP contribution in [0.15, 0.2) is 24.3 Å². The molecule has 21 heavy (non-hydrogen) atoms. The Balaban J connectivity index is 1.64. The van der Waals surface area contributed by atoms with Gasteiger partial charge in [-0.25, -0.2) is 4.98 Å². The van der Waals surface area contributed by atoms with Gasteiger partial charge in [0.1, 0.15) is 0 Å². The number of carbonyl (C=O) groups is 2. The molecule has 2 amide bonds. The molecule has 2 aromatic rings. The van der Waals surface area contributed by atoms with Gasteiger partial charge in [-0.3, -0.25) is 14.5 Å². The monoisotopic (exact) mass is 304 g/mol. The quantitative estimate of drug-likeness (QED) is 0.889. The summed E-state index contributed by atoms with van der Waals surface area (Å²) in [6.07, 6.45) is 0. The number of piperazine rings is 1. The summed E-state index contributed by atoms with van der Waals surface area (Å²) in [5.74, 6) is -0.176. The van der Waals surface area contributed by atoms with Crippen LogP contribution in [0.3, 0.4) is 0 Å². The molecule has 7 heteroatoms. The Hall–Kier alpha value is -1.99. The van der Waals surface area contributed by atoms with E-state index in [9.17, 15) is 9.59 Å². The van der Waals surface area contributed by atoms with Crippen LogP contribution in [0.5, 0.6) is 0 Å². The van der Waals surface area contributed by atoms with Gasteiger partial charge in [-0.05, 0) is 19.1 Å². The number of aromatic nitrogens is 1. The number of carbonyl (C=O) groups excluding carboxylic acids is 2. The fourth-order valence-corrected chi connectivity index (χ4v) is 3.20. The molecule has 0 saturated carbocycles. The first kappa shape index (κ1) is 14.0. The van der Waals surface area contributed by atoms with Crippen molar-refractivity contribution in [3.63, 3.8) is 0 Å². The average Bonchev–Trinajstić information content (AvgIpc) is 2.86. The number of benzene rings is 1. The van der Waals surface area contributed by atoms with Crippen molar-refractivity contribution in [3.8, 4) is 0 Å². The standard InChI is InChI=1S/C14H16N4O2S/c1-9-13(20)15-6-7-18(9)8-12(19)17-14-16-10-4-2-3-5-11(10)21-14/h2-5,9H,6-8H2,1H3,(H,15,20)(H,16,17,19). The lowest BCUT2D eigenvalue weighted by Gasteiger charge is -2.31. The third-order valence-corrected chi connectivity index (χ3v) is 4.46. The lowest BCUT2D eigenvalue weighted by Crippen LogP contribution is -2.55. The maximum absolute atomic E-state index is 12.1. The maximum atomic E-state index is 12.1. The molecule has 0 aliphatic carbocycles. The number of rotatable bonds is 3. The largest absolute Gasteiger partial charge is 0.353 e. The zero-order chi connectivity index (χ0) is 14.8. The van der Waals surface area contributed by atoms with Crippen molar-refractivity contribution >= 4 is 38.5 Å². The Morgan fingerprint density at radius 1 is 1.52 bits per heavy atom. The second-order valence-electron chi connectivity index (χ2n) is 4.97. The van der Waals surface area contributed by atoms with Crippen molar-refractivity contribution in [1.29, 1.82) is 0 Å². The number of nitrogens with zero attached hydrogens (tertiary/aromatic N) is 2. The van der Waals surface area contributed by atoms with Crippen LogP contribution in [0.1, 0.15) is 6.92 Å². The highest BCUT2D eigenvalue weighted by molar-refractivity contribution is 7.22. The zero-order valence-electron chi connectivity index (χ0n) is 11.6. The number of amides is 2. The first-order valence-electron chi connectivity index (χ1n) is 6.80. The topological polar surface area (TPSA) is 74.3 Å². The summed E-state index contributed by atoms with van der Waals surface area (Å²) in [4.78, 5) is 29.9. The van der Waals surface area contributed by atoms with Gasteiger partial charge in [0, 0.05) is 13.1 Å². The number of thiazole rings is 1. The lowest BCUT2D eigenvalue weighted by molar-refractivity contribution is -0.129. The summed E-state index contributed by atoms with van der Waals surface area (Å²) < 4.78 is 1.04. The fraction of sp³-hybridized carbons (Fsp3) is 0.357. The molecule has 3 rings (SSSR count). The molecule has 1 unspecified atom stereocenters. The molecule has 1 aromatic heterocycles. The average molecular weight is 304 g/mol. The summed E-state index contributed by atoms with van der Waals surface area (Å²) in [5, 5.41) is 6.18. The molecule has 1 aromatic carbocycles. The van der Waals surface area contributed by atoms with Crippen molar-refractivity contribution in [1.82, 2.24) is 15.2 Å². The van der Waals surface area contributed by atoms with Crippen LogP contribution in [-0.2, 0) is 9.59 Å². The zero-order valence-corrected chi connectivity index (χ0v) is 12.4. The Labute approximate surface area is 126 Å². The summed E-state index contributed by atoms with van der Waals surface area (Å²) in [5.41, 5.74) is 0.878. The number of anilines is 1. The number of para-hydroxylation sites is 1. The summed E-state index contributed by atoms with van der Waals surface area (Å²) in [6.45, 7) is 3.27. The first-order chi connectivity index (χ1) is 10.1. The molecule has 1 atom stereocenters. The minimum Gasteiger partial charge on any atom is -0.353 e. The second-order valence-corrected chi connectivity index (χ2v) is 6.00. The number of hydrogen-bond acceptors (Lipinski definition) is 5. The molecule has 1 fully saturated rings. The molecule has 2 heterocycles. The highest BCUT2D eigenvalue weighted by atomic mass is 32.1. The highest BCUT2D eigenvalue weighted by Gasteiger charge is 2.26. The molecule has 0 bridgehead atoms. The van der Waals surface area contributed by atoms with Crippen LogP contribution in [0, 0.1) is 0 Å². The first-order valence-corrected chi connectivity index (χ1v) is 7.62. The Morgan fingerprint density at radius 3 is 3.14 bits per heavy atom. The van der Waals surface area contributed by atoms with Crippen molar-refractivity contribution in [2.24, 2.45) is 0 Å². The van der Waals surface area contributed by atoms with E-state index in [4.69, 9.17) is 0 Å². The normalized spacial score (nSPS) is 19.5. The lowest BCUT2D eigenvalue weighted by atomic mass is 10.2. The van der Waals surface area contributed by atoms with Crippen LogP contribution in [-0.4, -0.2) is 47.4 Å². The third-order valence-electron chi connectivity index (χ3n) is 3.51. The van der Waals surface area contributed by atoms with Crippen LogP contribution >= 0.6 is 11.3 Å². The van der Waals surface area contributed by atoms with E-state index in [1.165, 1.54) is 11.3 Å². The molecular weight excluding hydrogens is 288 g/mol. The van der Waals surface area contributed by atoms with Gasteiger partial charge in [-0.15, -0.1) is 0 Å². The summed E-state index contributed by atoms with van der Waals surface area (Å²) >= 11 is 1.45. The van der Waals surface area contributed by atoms with Crippen LogP contribution in [0.2, 0.25) is 0 Å². The number of hydrogen-bond donors (Lipinski definition) is 2. The molecule has 2 N–H and O–H groups in total. The van der Waals surface area contributed by atoms with Crippen LogP contribution < -0.4 is 10.6 Å². The Morgan fingerprint density at radius 2 is 2.33 bits per heavy atom. The molecule has 6 nitrogen and oxygen atoms in total. The van der Waals surface area contributed by atoms with Crippen LogP contribution in [0.4, 0.5) is 5.13 Å². The number of fused-ring (bicyclic) bond motifs is 1. The van der Waals surface area contributed by atoms with E-state index in [0.29, 0.717) is 18.2 Å². The SMILES string of the molecule is CC1C(=O)NCCN1CC(=O)Nc1nc2ccccc2s1. The van der Waals surface area contributed by atoms with Crippen molar-refractivity contribution in [3.05, 3.63) is 24.3 Å². The van der Waals surface area contributed by atoms with Crippen molar-refractivity contribution in [2.45, 2.75) is 13.0 Å². The molecule has 1 aliphatic rings. The molecule has 0 spiro atoms. The Bertz CT molecular complexity index is 651. The van der Waals surface area contributed by atoms with E-state index in [-0.39, 0.29) is 24.4 Å². The van der Waals surface area contributed by atoms with Gasteiger partial charge in [0.2, 0.25) is 11.8 Å². The van der Waals surface area contributed by atoms with E-state index in [1.807, 2.05) is 29.2 Å². The Kier molecular flexibility index (Phi) is 3.85. The van der Waals surface area contributed by atoms with Gasteiger partial charge in [0.05, 0.1) is 22.8 Å². The van der Waals surface area contributed by atoms with Gasteiger partial charge in [0.25, 0.3) is 0 Å². The smallest absolute Gasteiger partial charge is 0.240 e. The minimum absolute atomic E-state index is 0.0333. The van der Waals surface area contributed by atoms with E-state index in [1.54, 1.807) is 6.92 Å². The van der Waals surface area contributed by atoms with E-state index < -0.39 is 0 Å². The van der Waals surface area contributed by atoms with Gasteiger partial charge < -0.3 is 10.6 Å². The predicted molar refractivity (Wildman–Crippen MR) is 82.3 cm³/mol. The molecular formula is C14H16N4O2S. The van der Waals surface area contributed by atoms with Gasteiger partial charge in [0.15, 0.2) is 5.13 Å². The van der Waals surface area contributed by atoms with E-state index in [2.05, 4.69) is 15.6 Å². The molecule has 0 radical (unpaired) electrons. The fourth-order valence-electron chi connectivity index (χ4n) is 2.31. The summed E-state index contributed by atoms with van der Waals surface area (Å²) in [7, 11) is 0. The van der Waals surface area contributed by atoms with E-state index in [0.717, 1.165) is 10.2 Å². The van der Waals surface area contributed by atoms with Gasteiger partial charge in [-0.1, -0.05) is 23.5 Å². The van der Waals surface area contributed by atoms with Crippen molar-refractivity contribution in [2.75, 3.05) is 25.0 Å². The molecule has 110 valence electrons. The van der Waals surface area contributed by atoms with Crippen LogP contribution in [0.25, 0.3) is 10.2 Å². The minimum atomic E-state index is -0.278. The van der Waals surface area contributed by atoms with E-state index >= 15 is 0 Å². The van der Waals surface area contributed by atoms with Gasteiger partial charge in [-0.2, -0.15) is 0 Å². The van der Waals surface area contributed by atoms with Crippen molar-refractivity contribution < 1.29 is 9.59 Å². The molecule has 1 saturated heterocycles. The third kappa shape index (κ3) is 3.03. The predicted octanol–water partition coefficient (Wildman–Crippen LogP) is 1.06. The highest BCUT2D eigenvalue weighted by Crippen LogP contribution is 2.25.